The maximum atomic E-state index is 13.6. The second kappa shape index (κ2) is 7.49. The summed E-state index contributed by atoms with van der Waals surface area (Å²) in [6.45, 7) is 1.74. The maximum absolute atomic E-state index is 13.6. The normalized spacial score (nSPS) is 10.2. The summed E-state index contributed by atoms with van der Waals surface area (Å²) < 4.78 is 27.1. The minimum atomic E-state index is -0.599. The van der Waals surface area contributed by atoms with E-state index in [4.69, 9.17) is 0 Å². The van der Waals surface area contributed by atoms with Gasteiger partial charge in [0.05, 0.1) is 11.1 Å². The first-order valence-electron chi connectivity index (χ1n) is 7.06. The average Bonchev–Trinajstić information content (AvgIpc) is 2.51. The Kier molecular flexibility index (Phi) is 5.41. The van der Waals surface area contributed by atoms with Gasteiger partial charge in [-0.1, -0.05) is 18.2 Å². The van der Waals surface area contributed by atoms with Gasteiger partial charge in [0.15, 0.2) is 5.78 Å². The number of carbonyl (C=O) groups is 2. The SMILES string of the molecule is CC(=O)c1c(F)cccc1NCCNC(=O)c1ccccc1F. The van der Waals surface area contributed by atoms with Crippen LogP contribution >= 0.6 is 0 Å². The highest BCUT2D eigenvalue weighted by atomic mass is 19.1. The molecule has 0 radical (unpaired) electrons. The van der Waals surface area contributed by atoms with Crippen LogP contribution in [0.15, 0.2) is 42.5 Å². The number of rotatable bonds is 6. The number of amides is 1. The van der Waals surface area contributed by atoms with Gasteiger partial charge in [0.25, 0.3) is 5.91 Å². The van der Waals surface area contributed by atoms with E-state index < -0.39 is 17.5 Å². The highest BCUT2D eigenvalue weighted by molar-refractivity contribution is 5.99. The summed E-state index contributed by atoms with van der Waals surface area (Å²) in [4.78, 5) is 23.3. The molecule has 0 unspecified atom stereocenters. The number of hydrogen-bond acceptors (Lipinski definition) is 3. The third-order valence-electron chi connectivity index (χ3n) is 3.21. The van der Waals surface area contributed by atoms with Crippen LogP contribution in [0.25, 0.3) is 0 Å². The molecular formula is C17H16F2N2O2. The number of hydrogen-bond donors (Lipinski definition) is 2. The van der Waals surface area contributed by atoms with Crippen molar-refractivity contribution in [1.82, 2.24) is 5.32 Å². The van der Waals surface area contributed by atoms with E-state index in [2.05, 4.69) is 10.6 Å². The Morgan fingerprint density at radius 3 is 2.35 bits per heavy atom. The molecule has 0 fully saturated rings. The third kappa shape index (κ3) is 4.12. The molecule has 0 atom stereocenters. The number of anilines is 1. The largest absolute Gasteiger partial charge is 0.383 e. The lowest BCUT2D eigenvalue weighted by molar-refractivity contribution is 0.0949. The van der Waals surface area contributed by atoms with Crippen molar-refractivity contribution in [3.63, 3.8) is 0 Å². The average molecular weight is 318 g/mol. The van der Waals surface area contributed by atoms with Crippen molar-refractivity contribution in [3.8, 4) is 0 Å². The van der Waals surface area contributed by atoms with Crippen molar-refractivity contribution in [3.05, 3.63) is 65.2 Å². The van der Waals surface area contributed by atoms with Crippen LogP contribution in [0.1, 0.15) is 27.6 Å². The van der Waals surface area contributed by atoms with Crippen LogP contribution in [-0.4, -0.2) is 24.8 Å². The minimum Gasteiger partial charge on any atom is -0.383 e. The fraction of sp³-hybridized carbons (Fsp3) is 0.176. The number of ketones is 1. The van der Waals surface area contributed by atoms with Crippen LogP contribution in [0.3, 0.4) is 0 Å². The molecule has 2 rings (SSSR count). The van der Waals surface area contributed by atoms with Crippen molar-refractivity contribution >= 4 is 17.4 Å². The molecule has 0 saturated heterocycles. The van der Waals surface area contributed by atoms with E-state index in [0.717, 1.165) is 0 Å². The molecule has 0 aliphatic rings. The minimum absolute atomic E-state index is 0.0204. The topological polar surface area (TPSA) is 58.2 Å². The van der Waals surface area contributed by atoms with Gasteiger partial charge in [0.1, 0.15) is 11.6 Å². The highest BCUT2D eigenvalue weighted by Crippen LogP contribution is 2.19. The second-order valence-electron chi connectivity index (χ2n) is 4.88. The van der Waals surface area contributed by atoms with E-state index in [1.807, 2.05) is 0 Å². The van der Waals surface area contributed by atoms with E-state index in [-0.39, 0.29) is 30.0 Å². The second-order valence-corrected chi connectivity index (χ2v) is 4.88. The summed E-state index contributed by atoms with van der Waals surface area (Å²) in [6.07, 6.45) is 0. The van der Waals surface area contributed by atoms with Crippen molar-refractivity contribution in [2.75, 3.05) is 18.4 Å². The molecular weight excluding hydrogens is 302 g/mol. The molecule has 0 aliphatic carbocycles. The standard InChI is InChI=1S/C17H16F2N2O2/c1-11(22)16-14(19)7-4-8-15(16)20-9-10-21-17(23)12-5-2-3-6-13(12)18/h2-8,20H,9-10H2,1H3,(H,21,23). The van der Waals surface area contributed by atoms with Gasteiger partial charge in [0.2, 0.25) is 0 Å². The summed E-state index contributed by atoms with van der Waals surface area (Å²) in [5, 5.41) is 5.44. The van der Waals surface area contributed by atoms with Crippen LogP contribution in [-0.2, 0) is 0 Å². The highest BCUT2D eigenvalue weighted by Gasteiger charge is 2.13. The lowest BCUT2D eigenvalue weighted by Gasteiger charge is -2.11. The van der Waals surface area contributed by atoms with E-state index in [0.29, 0.717) is 5.69 Å². The Bertz CT molecular complexity index is 732. The van der Waals surface area contributed by atoms with Crippen LogP contribution in [0.2, 0.25) is 0 Å². The quantitative estimate of drug-likeness (QED) is 0.636. The zero-order valence-corrected chi connectivity index (χ0v) is 12.5. The van der Waals surface area contributed by atoms with Crippen molar-refractivity contribution in [2.45, 2.75) is 6.92 Å². The van der Waals surface area contributed by atoms with Crippen LogP contribution in [0.5, 0.6) is 0 Å². The van der Waals surface area contributed by atoms with Gasteiger partial charge in [-0.25, -0.2) is 8.78 Å². The summed E-state index contributed by atoms with van der Waals surface area (Å²) in [6, 6.07) is 9.95. The number of halogens is 2. The summed E-state index contributed by atoms with van der Waals surface area (Å²) in [5.41, 5.74) is 0.299. The summed E-state index contributed by atoms with van der Waals surface area (Å²) >= 11 is 0. The first-order valence-corrected chi connectivity index (χ1v) is 7.06. The Hall–Kier alpha value is -2.76. The van der Waals surface area contributed by atoms with E-state index in [1.54, 1.807) is 12.1 Å². The molecule has 120 valence electrons. The molecule has 0 bridgehead atoms. The molecule has 0 aromatic heterocycles. The summed E-state index contributed by atoms with van der Waals surface area (Å²) in [5.74, 6) is -2.11. The van der Waals surface area contributed by atoms with Gasteiger partial charge in [0, 0.05) is 18.8 Å². The molecule has 23 heavy (non-hydrogen) atoms. The molecule has 0 heterocycles. The molecule has 0 saturated carbocycles. The molecule has 0 spiro atoms. The van der Waals surface area contributed by atoms with Crippen LogP contribution in [0.4, 0.5) is 14.5 Å². The van der Waals surface area contributed by atoms with Gasteiger partial charge in [-0.15, -0.1) is 0 Å². The van der Waals surface area contributed by atoms with Crippen LogP contribution in [0, 0.1) is 11.6 Å². The van der Waals surface area contributed by atoms with Crippen LogP contribution < -0.4 is 10.6 Å². The lowest BCUT2D eigenvalue weighted by Crippen LogP contribution is -2.29. The van der Waals surface area contributed by atoms with Gasteiger partial charge in [-0.05, 0) is 31.2 Å². The molecule has 4 nitrogen and oxygen atoms in total. The number of carbonyl (C=O) groups excluding carboxylic acids is 2. The molecule has 6 heteroatoms. The smallest absolute Gasteiger partial charge is 0.254 e. The fourth-order valence-corrected chi connectivity index (χ4v) is 2.14. The zero-order chi connectivity index (χ0) is 16.8. The Morgan fingerprint density at radius 2 is 1.65 bits per heavy atom. The molecule has 2 aromatic rings. The maximum Gasteiger partial charge on any atom is 0.254 e. The van der Waals surface area contributed by atoms with Crippen molar-refractivity contribution in [1.29, 1.82) is 0 Å². The number of benzene rings is 2. The molecule has 2 aromatic carbocycles. The van der Waals surface area contributed by atoms with Gasteiger partial charge >= 0.3 is 0 Å². The Labute approximate surface area is 132 Å². The predicted molar refractivity (Wildman–Crippen MR) is 83.6 cm³/mol. The van der Waals surface area contributed by atoms with Crippen molar-refractivity contribution < 1.29 is 18.4 Å². The van der Waals surface area contributed by atoms with Crippen molar-refractivity contribution in [2.24, 2.45) is 0 Å². The zero-order valence-electron chi connectivity index (χ0n) is 12.5. The molecule has 0 aliphatic heterocycles. The number of nitrogens with one attached hydrogen (secondary N) is 2. The van der Waals surface area contributed by atoms with Gasteiger partial charge in [-0.3, -0.25) is 9.59 Å². The van der Waals surface area contributed by atoms with E-state index >= 15 is 0 Å². The van der Waals surface area contributed by atoms with Gasteiger partial charge in [-0.2, -0.15) is 0 Å². The first-order chi connectivity index (χ1) is 11.0. The first kappa shape index (κ1) is 16.6. The number of Topliss-reactive ketones (excluding diaryl/α,β-unsaturated/α-hetero) is 1. The van der Waals surface area contributed by atoms with Gasteiger partial charge < -0.3 is 10.6 Å². The Balaban J connectivity index is 1.92. The molecule has 1 amide bonds. The molecule has 2 N–H and O–H groups in total. The third-order valence-corrected chi connectivity index (χ3v) is 3.21. The van der Waals surface area contributed by atoms with E-state index in [1.165, 1.54) is 37.3 Å². The fourth-order valence-electron chi connectivity index (χ4n) is 2.14. The summed E-state index contributed by atoms with van der Waals surface area (Å²) in [7, 11) is 0. The predicted octanol–water partition coefficient (Wildman–Crippen LogP) is 3.01. The van der Waals surface area contributed by atoms with E-state index in [9.17, 15) is 18.4 Å². The Morgan fingerprint density at radius 1 is 0.957 bits per heavy atom. The monoisotopic (exact) mass is 318 g/mol. The lowest BCUT2D eigenvalue weighted by atomic mass is 10.1.